The highest BCUT2D eigenvalue weighted by Crippen LogP contribution is 2.32. The summed E-state index contributed by atoms with van der Waals surface area (Å²) in [7, 11) is 3.84. The second-order valence-corrected chi connectivity index (χ2v) is 5.17. The van der Waals surface area contributed by atoms with Gasteiger partial charge in [-0.1, -0.05) is 11.3 Å². The molecule has 0 aliphatic heterocycles. The zero-order valence-electron chi connectivity index (χ0n) is 11.0. The van der Waals surface area contributed by atoms with Crippen molar-refractivity contribution in [2.24, 2.45) is 0 Å². The van der Waals surface area contributed by atoms with Gasteiger partial charge in [0.1, 0.15) is 5.56 Å². The van der Waals surface area contributed by atoms with Crippen LogP contribution in [0.15, 0.2) is 0 Å². The zero-order chi connectivity index (χ0) is 13.0. The number of nitrogens with zero attached hydrogens (tertiary/aromatic N) is 1. The Labute approximate surface area is 106 Å². The summed E-state index contributed by atoms with van der Waals surface area (Å²) >= 11 is 1.57. The van der Waals surface area contributed by atoms with Gasteiger partial charge in [-0.15, -0.1) is 0 Å². The fourth-order valence-electron chi connectivity index (χ4n) is 1.37. The third-order valence-corrected chi connectivity index (χ3v) is 3.46. The van der Waals surface area contributed by atoms with Crippen molar-refractivity contribution in [3.63, 3.8) is 0 Å². The lowest BCUT2D eigenvalue weighted by atomic mass is 10.1. The summed E-state index contributed by atoms with van der Waals surface area (Å²) < 4.78 is 6.96. The van der Waals surface area contributed by atoms with Crippen LogP contribution < -0.4 is 5.32 Å². The van der Waals surface area contributed by atoms with Crippen molar-refractivity contribution in [2.75, 3.05) is 26.0 Å². The van der Waals surface area contributed by atoms with Crippen LogP contribution in [-0.2, 0) is 4.74 Å². The Morgan fingerprint density at radius 1 is 1.47 bits per heavy atom. The van der Waals surface area contributed by atoms with E-state index in [0.29, 0.717) is 12.2 Å². The van der Waals surface area contributed by atoms with Gasteiger partial charge in [0.2, 0.25) is 6.34 Å². The van der Waals surface area contributed by atoms with Gasteiger partial charge in [0, 0.05) is 4.88 Å². The van der Waals surface area contributed by atoms with Gasteiger partial charge >= 0.3 is 5.97 Å². The molecule has 0 radical (unpaired) electrons. The van der Waals surface area contributed by atoms with Crippen LogP contribution in [-0.4, -0.2) is 37.6 Å². The van der Waals surface area contributed by atoms with E-state index in [4.69, 9.17) is 4.74 Å². The van der Waals surface area contributed by atoms with E-state index in [-0.39, 0.29) is 5.97 Å². The predicted molar refractivity (Wildman–Crippen MR) is 71.5 cm³/mol. The van der Waals surface area contributed by atoms with Gasteiger partial charge in [0.05, 0.1) is 20.7 Å². The second kappa shape index (κ2) is 5.82. The number of carbonyl (C=O) groups excluding carboxylic acids is 1. The van der Waals surface area contributed by atoms with Gasteiger partial charge in [-0.3, -0.25) is 4.58 Å². The van der Waals surface area contributed by atoms with E-state index < -0.39 is 0 Å². The molecule has 5 heteroatoms. The van der Waals surface area contributed by atoms with Gasteiger partial charge in [-0.2, -0.15) is 0 Å². The number of hydrogen-bond donors (Lipinski definition) is 1. The summed E-state index contributed by atoms with van der Waals surface area (Å²) in [6.07, 6.45) is 1.81. The Kier molecular flexibility index (Phi) is 4.69. The first-order valence-corrected chi connectivity index (χ1v) is 6.32. The molecule has 0 atom stereocenters. The molecule has 1 N–H and O–H groups in total. The molecular weight excluding hydrogens is 236 g/mol. The molecule has 4 nitrogen and oxygen atoms in total. The first kappa shape index (κ1) is 13.7. The minimum absolute atomic E-state index is 0.260. The standard InChI is InChI=1S/C12H18N2O2S/c1-6-16-12(15)10-8(2)9(3)17-11(10)13-7-14(4)5/h7H,6H2,1-5H3/p+1. The summed E-state index contributed by atoms with van der Waals surface area (Å²) in [6, 6.07) is 0. The molecule has 0 spiro atoms. The Morgan fingerprint density at radius 3 is 2.65 bits per heavy atom. The third-order valence-electron chi connectivity index (χ3n) is 2.32. The van der Waals surface area contributed by atoms with Crippen LogP contribution in [0.25, 0.3) is 0 Å². The maximum atomic E-state index is 11.9. The smallest absolute Gasteiger partial charge is 0.343 e. The predicted octanol–water partition coefficient (Wildman–Crippen LogP) is 2.25. The summed E-state index contributed by atoms with van der Waals surface area (Å²) in [5.74, 6) is -0.260. The molecule has 1 heterocycles. The van der Waals surface area contributed by atoms with Gasteiger partial charge in [-0.05, 0) is 26.3 Å². The largest absolute Gasteiger partial charge is 0.462 e. The highest BCUT2D eigenvalue weighted by atomic mass is 32.1. The van der Waals surface area contributed by atoms with Crippen LogP contribution in [0.3, 0.4) is 0 Å². The number of esters is 1. The number of anilines is 1. The molecule has 0 bridgehead atoms. The monoisotopic (exact) mass is 255 g/mol. The van der Waals surface area contributed by atoms with Crippen molar-refractivity contribution in [2.45, 2.75) is 20.8 Å². The van der Waals surface area contributed by atoms with Crippen LogP contribution >= 0.6 is 11.3 Å². The highest BCUT2D eigenvalue weighted by molar-refractivity contribution is 7.16. The van der Waals surface area contributed by atoms with Crippen molar-refractivity contribution in [1.29, 1.82) is 0 Å². The molecular formula is C12H19N2O2S+. The molecule has 94 valence electrons. The van der Waals surface area contributed by atoms with Gasteiger partial charge < -0.3 is 4.74 Å². The lowest BCUT2D eigenvalue weighted by Crippen LogP contribution is -2.11. The van der Waals surface area contributed by atoms with Gasteiger partial charge in [0.25, 0.3) is 0 Å². The molecule has 0 amide bonds. The normalized spacial score (nSPS) is 9.94. The summed E-state index contributed by atoms with van der Waals surface area (Å²) in [4.78, 5) is 13.0. The van der Waals surface area contributed by atoms with E-state index in [1.807, 2.05) is 45.8 Å². The van der Waals surface area contributed by atoms with Crippen LogP contribution in [0.2, 0.25) is 0 Å². The average molecular weight is 255 g/mol. The fraction of sp³-hybridized carbons (Fsp3) is 0.500. The average Bonchev–Trinajstić information content (AvgIpc) is 2.52. The Bertz CT molecular complexity index is 446. The third kappa shape index (κ3) is 3.30. The lowest BCUT2D eigenvalue weighted by Gasteiger charge is -2.02. The first-order chi connectivity index (χ1) is 7.97. The Balaban J connectivity index is 3.08. The number of aryl methyl sites for hydroxylation is 1. The lowest BCUT2D eigenvalue weighted by molar-refractivity contribution is -0.459. The fourth-order valence-corrected chi connectivity index (χ4v) is 2.38. The van der Waals surface area contributed by atoms with Crippen molar-refractivity contribution >= 4 is 28.6 Å². The highest BCUT2D eigenvalue weighted by Gasteiger charge is 2.22. The van der Waals surface area contributed by atoms with E-state index >= 15 is 0 Å². The van der Waals surface area contributed by atoms with Crippen molar-refractivity contribution in [1.82, 2.24) is 0 Å². The molecule has 1 aromatic heterocycles. The van der Waals surface area contributed by atoms with Crippen LogP contribution in [0.5, 0.6) is 0 Å². The summed E-state index contributed by atoms with van der Waals surface area (Å²) in [5, 5.41) is 3.97. The molecule has 0 aliphatic carbocycles. The van der Waals surface area contributed by atoms with Crippen LogP contribution in [0.1, 0.15) is 27.7 Å². The molecule has 0 unspecified atom stereocenters. The Morgan fingerprint density at radius 2 is 2.12 bits per heavy atom. The van der Waals surface area contributed by atoms with Gasteiger partial charge in [0.15, 0.2) is 5.00 Å². The maximum Gasteiger partial charge on any atom is 0.343 e. The van der Waals surface area contributed by atoms with E-state index in [0.717, 1.165) is 15.4 Å². The van der Waals surface area contributed by atoms with Crippen LogP contribution in [0.4, 0.5) is 5.00 Å². The van der Waals surface area contributed by atoms with E-state index in [2.05, 4.69) is 5.32 Å². The first-order valence-electron chi connectivity index (χ1n) is 5.50. The number of carbonyl (C=O) groups is 1. The molecule has 0 aromatic carbocycles. The number of rotatable bonds is 4. The molecule has 1 rings (SSSR count). The minimum atomic E-state index is -0.260. The number of nitrogens with one attached hydrogen (secondary N) is 1. The maximum absolute atomic E-state index is 11.9. The van der Waals surface area contributed by atoms with Crippen molar-refractivity contribution in [3.8, 4) is 0 Å². The molecule has 1 aromatic rings. The summed E-state index contributed by atoms with van der Waals surface area (Å²) in [5.41, 5.74) is 1.63. The number of ether oxygens (including phenoxy) is 1. The number of hydrogen-bond acceptors (Lipinski definition) is 3. The van der Waals surface area contributed by atoms with E-state index in [1.165, 1.54) is 0 Å². The van der Waals surface area contributed by atoms with E-state index in [9.17, 15) is 4.79 Å². The topological polar surface area (TPSA) is 41.3 Å². The second-order valence-electron chi connectivity index (χ2n) is 3.94. The molecule has 0 saturated carbocycles. The SMILES string of the molecule is CCOC(=O)c1c(NC=[N+](C)C)sc(C)c1C. The van der Waals surface area contributed by atoms with E-state index in [1.54, 1.807) is 11.3 Å². The Hall–Kier alpha value is -1.36. The molecule has 0 saturated heterocycles. The molecule has 0 fully saturated rings. The molecule has 0 aliphatic rings. The number of thiophene rings is 1. The van der Waals surface area contributed by atoms with Gasteiger partial charge in [-0.25, -0.2) is 10.1 Å². The quantitative estimate of drug-likeness (QED) is 0.388. The zero-order valence-corrected chi connectivity index (χ0v) is 11.8. The van der Waals surface area contributed by atoms with Crippen LogP contribution in [0, 0.1) is 13.8 Å². The molecule has 17 heavy (non-hydrogen) atoms. The van der Waals surface area contributed by atoms with Crippen molar-refractivity contribution < 1.29 is 14.1 Å². The van der Waals surface area contributed by atoms with Crippen molar-refractivity contribution in [3.05, 3.63) is 16.0 Å². The minimum Gasteiger partial charge on any atom is -0.462 e. The summed E-state index contributed by atoms with van der Waals surface area (Å²) in [6.45, 7) is 6.15.